The summed E-state index contributed by atoms with van der Waals surface area (Å²) in [6.07, 6.45) is 3.22. The topological polar surface area (TPSA) is 103 Å². The first-order chi connectivity index (χ1) is 21.2. The highest BCUT2D eigenvalue weighted by molar-refractivity contribution is 6.31. The number of halogens is 4. The summed E-state index contributed by atoms with van der Waals surface area (Å²) >= 11 is 6.16. The summed E-state index contributed by atoms with van der Waals surface area (Å²) in [5.74, 6) is -2.32. The van der Waals surface area contributed by atoms with E-state index in [9.17, 15) is 13.2 Å². The molecule has 1 aliphatic heterocycles. The van der Waals surface area contributed by atoms with Crippen LogP contribution in [0.3, 0.4) is 0 Å². The van der Waals surface area contributed by atoms with E-state index in [0.29, 0.717) is 52.6 Å². The third-order valence-corrected chi connectivity index (χ3v) is 7.40. The Kier molecular flexibility index (Phi) is 12.4. The SMILES string of the molecule is C=C(NCC(CCC)c1cc2c(c(-c3cc(F)c(F)cc3F)n1)OCC2C)c1cc(OC)c2ncc(Cl)cc2c1.CN.CO. The Hall–Kier alpha value is -3.86. The van der Waals surface area contributed by atoms with Crippen LogP contribution < -0.4 is 20.5 Å². The van der Waals surface area contributed by atoms with E-state index < -0.39 is 17.5 Å². The van der Waals surface area contributed by atoms with Crippen LogP contribution in [0, 0.1) is 17.5 Å². The van der Waals surface area contributed by atoms with Crippen molar-refractivity contribution in [1.29, 1.82) is 0 Å². The Labute approximate surface area is 260 Å². The molecule has 0 fully saturated rings. The number of rotatable bonds is 9. The van der Waals surface area contributed by atoms with Crippen LogP contribution in [0.2, 0.25) is 5.02 Å². The molecule has 0 saturated carbocycles. The molecule has 0 aliphatic carbocycles. The van der Waals surface area contributed by atoms with Gasteiger partial charge in [-0.15, -0.1) is 0 Å². The maximum atomic E-state index is 14.9. The molecule has 236 valence electrons. The number of aliphatic hydroxyl groups is 1. The second-order valence-electron chi connectivity index (χ2n) is 10.0. The maximum absolute atomic E-state index is 14.9. The van der Waals surface area contributed by atoms with Crippen molar-refractivity contribution >= 4 is 28.2 Å². The predicted molar refractivity (Wildman–Crippen MR) is 170 cm³/mol. The summed E-state index contributed by atoms with van der Waals surface area (Å²) in [6.45, 7) is 9.19. The van der Waals surface area contributed by atoms with E-state index in [1.54, 1.807) is 13.3 Å². The van der Waals surface area contributed by atoms with Crippen LogP contribution in [0.4, 0.5) is 13.2 Å². The fraction of sp³-hybridized carbons (Fsp3) is 0.333. The minimum atomic E-state index is -1.25. The predicted octanol–water partition coefficient (Wildman–Crippen LogP) is 7.20. The molecule has 0 spiro atoms. The largest absolute Gasteiger partial charge is 0.494 e. The van der Waals surface area contributed by atoms with Gasteiger partial charge in [0.05, 0.1) is 18.7 Å². The average Bonchev–Trinajstić information content (AvgIpc) is 3.41. The Morgan fingerprint density at radius 3 is 2.52 bits per heavy atom. The standard InChI is InChI=1S/C31H29ClF3N3O2.CH5N.CH4O/c1-5-6-18(13-36-17(3)19-7-20-8-21(32)14-37-29(20)28(9-19)39-4)27-11-22-16(2)15-40-31(22)30(38-27)23-10-25(34)26(35)12-24(23)33;2*1-2/h7-12,14,16,18,36H,3,5-6,13,15H2,1-2,4H3;2H2,1H3;2H,1H3. The van der Waals surface area contributed by atoms with Crippen LogP contribution in [0.15, 0.2) is 49.2 Å². The molecule has 11 heteroatoms. The molecule has 4 N–H and O–H groups in total. The number of fused-ring (bicyclic) bond motifs is 2. The summed E-state index contributed by atoms with van der Waals surface area (Å²) < 4.78 is 54.1. The number of nitrogens with two attached hydrogens (primary N) is 1. The van der Waals surface area contributed by atoms with Gasteiger partial charge in [-0.3, -0.25) is 4.98 Å². The van der Waals surface area contributed by atoms with Crippen molar-refractivity contribution in [3.63, 3.8) is 0 Å². The van der Waals surface area contributed by atoms with Crippen molar-refractivity contribution in [2.24, 2.45) is 5.73 Å². The lowest BCUT2D eigenvalue weighted by Crippen LogP contribution is -2.21. The highest BCUT2D eigenvalue weighted by Crippen LogP contribution is 2.43. The van der Waals surface area contributed by atoms with Gasteiger partial charge in [0.15, 0.2) is 11.6 Å². The second-order valence-corrected chi connectivity index (χ2v) is 10.5. The smallest absolute Gasteiger partial charge is 0.161 e. The highest BCUT2D eigenvalue weighted by atomic mass is 35.5. The monoisotopic (exact) mass is 630 g/mol. The van der Waals surface area contributed by atoms with Crippen molar-refractivity contribution in [3.05, 3.63) is 88.5 Å². The van der Waals surface area contributed by atoms with E-state index in [-0.39, 0.29) is 23.1 Å². The molecule has 0 radical (unpaired) electrons. The number of aliphatic hydroxyl groups excluding tert-OH is 1. The molecule has 0 bridgehead atoms. The van der Waals surface area contributed by atoms with Gasteiger partial charge in [-0.25, -0.2) is 18.2 Å². The zero-order valence-corrected chi connectivity index (χ0v) is 26.2. The fourth-order valence-electron chi connectivity index (χ4n) is 5.06. The van der Waals surface area contributed by atoms with Crippen LogP contribution in [0.25, 0.3) is 27.9 Å². The minimum Gasteiger partial charge on any atom is -0.494 e. The van der Waals surface area contributed by atoms with Crippen LogP contribution >= 0.6 is 11.6 Å². The number of aromatic nitrogens is 2. The summed E-state index contributed by atoms with van der Waals surface area (Å²) in [5.41, 5.74) is 8.31. The van der Waals surface area contributed by atoms with Crippen LogP contribution in [-0.4, -0.2) is 49.5 Å². The molecule has 7 nitrogen and oxygen atoms in total. The molecule has 3 heterocycles. The number of hydrogen-bond donors (Lipinski definition) is 3. The first-order valence-electron chi connectivity index (χ1n) is 14.1. The molecule has 0 saturated heterocycles. The van der Waals surface area contributed by atoms with Crippen molar-refractivity contribution in [1.82, 2.24) is 15.3 Å². The fourth-order valence-corrected chi connectivity index (χ4v) is 5.22. The number of pyridine rings is 2. The van der Waals surface area contributed by atoms with Crippen LogP contribution in [-0.2, 0) is 0 Å². The van der Waals surface area contributed by atoms with Gasteiger partial charge in [-0.1, -0.05) is 38.4 Å². The Bertz CT molecular complexity index is 1620. The molecule has 4 aromatic rings. The van der Waals surface area contributed by atoms with Gasteiger partial charge < -0.3 is 25.6 Å². The lowest BCUT2D eigenvalue weighted by Gasteiger charge is -2.21. The molecule has 44 heavy (non-hydrogen) atoms. The van der Waals surface area contributed by atoms with E-state index in [1.807, 2.05) is 31.2 Å². The van der Waals surface area contributed by atoms with Gasteiger partial charge in [0.25, 0.3) is 0 Å². The average molecular weight is 631 g/mol. The number of nitrogens with zero attached hydrogens (tertiary/aromatic N) is 2. The summed E-state index contributed by atoms with van der Waals surface area (Å²) in [7, 11) is 4.08. The van der Waals surface area contributed by atoms with Crippen molar-refractivity contribution in [2.45, 2.75) is 38.5 Å². The normalized spacial score (nSPS) is 13.9. The molecular weight excluding hydrogens is 593 g/mol. The zero-order valence-electron chi connectivity index (χ0n) is 25.5. The van der Waals surface area contributed by atoms with Gasteiger partial charge in [0.2, 0.25) is 0 Å². The molecule has 2 atom stereocenters. The van der Waals surface area contributed by atoms with Crippen molar-refractivity contribution < 1.29 is 27.8 Å². The Morgan fingerprint density at radius 1 is 1.14 bits per heavy atom. The third kappa shape index (κ3) is 7.43. The molecule has 1 aliphatic rings. The number of ether oxygens (including phenoxy) is 2. The maximum Gasteiger partial charge on any atom is 0.161 e. The highest BCUT2D eigenvalue weighted by Gasteiger charge is 2.29. The summed E-state index contributed by atoms with van der Waals surface area (Å²) in [5, 5.41) is 11.8. The molecule has 2 aromatic carbocycles. The minimum absolute atomic E-state index is 0.0413. The number of hydrogen-bond acceptors (Lipinski definition) is 7. The zero-order chi connectivity index (χ0) is 32.6. The Balaban J connectivity index is 0.00000127. The quantitative estimate of drug-likeness (QED) is 0.168. The molecular formula is C33H38ClF3N4O3. The second kappa shape index (κ2) is 15.7. The molecule has 2 unspecified atom stereocenters. The first-order valence-corrected chi connectivity index (χ1v) is 14.5. The van der Waals surface area contributed by atoms with Crippen molar-refractivity contribution in [3.8, 4) is 22.8 Å². The van der Waals surface area contributed by atoms with E-state index >= 15 is 0 Å². The lowest BCUT2D eigenvalue weighted by molar-refractivity contribution is 0.337. The molecule has 2 aromatic heterocycles. The molecule has 0 amide bonds. The van der Waals surface area contributed by atoms with Gasteiger partial charge in [0.1, 0.15) is 28.5 Å². The van der Waals surface area contributed by atoms with E-state index in [0.717, 1.165) is 42.5 Å². The van der Waals surface area contributed by atoms with Gasteiger partial charge in [0, 0.05) is 71.2 Å². The summed E-state index contributed by atoms with van der Waals surface area (Å²) in [6, 6.07) is 8.99. The third-order valence-electron chi connectivity index (χ3n) is 7.20. The van der Waals surface area contributed by atoms with E-state index in [2.05, 4.69) is 29.5 Å². The summed E-state index contributed by atoms with van der Waals surface area (Å²) in [4.78, 5) is 9.14. The van der Waals surface area contributed by atoms with E-state index in [1.165, 1.54) is 7.05 Å². The number of nitrogens with one attached hydrogen (secondary N) is 1. The Morgan fingerprint density at radius 2 is 1.84 bits per heavy atom. The van der Waals surface area contributed by atoms with Crippen LogP contribution in [0.5, 0.6) is 11.5 Å². The van der Waals surface area contributed by atoms with Crippen LogP contribution in [0.1, 0.15) is 55.3 Å². The van der Waals surface area contributed by atoms with Gasteiger partial charge in [-0.05, 0) is 43.8 Å². The van der Waals surface area contributed by atoms with Crippen molar-refractivity contribution in [2.75, 3.05) is 34.4 Å². The lowest BCUT2D eigenvalue weighted by atomic mass is 9.93. The number of methoxy groups -OCH3 is 1. The number of benzene rings is 2. The van der Waals surface area contributed by atoms with Gasteiger partial charge in [-0.2, -0.15) is 0 Å². The van der Waals surface area contributed by atoms with Gasteiger partial charge >= 0.3 is 0 Å². The van der Waals surface area contributed by atoms with E-state index in [4.69, 9.17) is 31.2 Å². The molecule has 5 rings (SSSR count). The first kappa shape index (κ1) is 34.6.